The van der Waals surface area contributed by atoms with Gasteiger partial charge in [-0.1, -0.05) is 6.92 Å². The van der Waals surface area contributed by atoms with Crippen molar-refractivity contribution in [1.29, 1.82) is 0 Å². The molecule has 0 unspecified atom stereocenters. The minimum absolute atomic E-state index is 0.188. The van der Waals surface area contributed by atoms with Crippen LogP contribution < -0.4 is 5.56 Å². The van der Waals surface area contributed by atoms with E-state index in [0.717, 1.165) is 32.4 Å². The van der Waals surface area contributed by atoms with Gasteiger partial charge in [-0.15, -0.1) is 11.3 Å². The van der Waals surface area contributed by atoms with Crippen molar-refractivity contribution < 1.29 is 9.59 Å². The minimum Gasteiger partial charge on any atom is -0.342 e. The lowest BCUT2D eigenvalue weighted by molar-refractivity contribution is -0.145. The molecular formula is C18H22N4O3S. The molecule has 2 aromatic rings. The smallest absolute Gasteiger partial charge is 0.274 e. The van der Waals surface area contributed by atoms with Gasteiger partial charge < -0.3 is 9.80 Å². The Bertz CT molecular complexity index is 919. The molecule has 2 fully saturated rings. The molecule has 0 aliphatic carbocycles. The lowest BCUT2D eigenvalue weighted by Gasteiger charge is -2.39. The first kappa shape index (κ1) is 17.2. The quantitative estimate of drug-likeness (QED) is 0.818. The van der Waals surface area contributed by atoms with Crippen LogP contribution in [0.4, 0.5) is 0 Å². The van der Waals surface area contributed by atoms with E-state index in [1.807, 2.05) is 4.90 Å². The van der Waals surface area contributed by atoms with Gasteiger partial charge in [-0.3, -0.25) is 18.8 Å². The molecule has 7 nitrogen and oxygen atoms in total. The summed E-state index contributed by atoms with van der Waals surface area (Å²) in [7, 11) is 0. The number of thiazole rings is 1. The summed E-state index contributed by atoms with van der Waals surface area (Å²) in [5.74, 6) is -0.0105. The molecule has 0 radical (unpaired) electrons. The first-order valence-corrected chi connectivity index (χ1v) is 9.98. The van der Waals surface area contributed by atoms with E-state index in [1.54, 1.807) is 20.9 Å². The Kier molecular flexibility index (Phi) is 4.30. The number of hydrogen-bond donors (Lipinski definition) is 0. The standard InChI is InChI=1S/C18H22N4O3S/c1-2-6-20-7-3-4-18(16(20)25)5-8-21(12-18)15(24)13-11-14(23)19-17-22(13)9-10-26-17/h9-11H,2-8,12H2,1H3/t18-/m1/s1. The Morgan fingerprint density at radius 2 is 2.15 bits per heavy atom. The van der Waals surface area contributed by atoms with Crippen molar-refractivity contribution in [3.8, 4) is 0 Å². The highest BCUT2D eigenvalue weighted by molar-refractivity contribution is 7.15. The van der Waals surface area contributed by atoms with Crippen LogP contribution in [0.15, 0.2) is 22.4 Å². The molecule has 26 heavy (non-hydrogen) atoms. The number of carbonyl (C=O) groups excluding carboxylic acids is 2. The molecule has 4 heterocycles. The van der Waals surface area contributed by atoms with Gasteiger partial charge in [-0.25, -0.2) is 0 Å². The highest BCUT2D eigenvalue weighted by atomic mass is 32.1. The van der Waals surface area contributed by atoms with E-state index in [0.29, 0.717) is 30.2 Å². The van der Waals surface area contributed by atoms with E-state index < -0.39 is 11.0 Å². The maximum absolute atomic E-state index is 13.1. The molecule has 2 aliphatic rings. The van der Waals surface area contributed by atoms with Crippen LogP contribution in [0.3, 0.4) is 0 Å². The van der Waals surface area contributed by atoms with Crippen molar-refractivity contribution in [2.45, 2.75) is 32.6 Å². The van der Waals surface area contributed by atoms with Crippen LogP contribution in [0.2, 0.25) is 0 Å². The van der Waals surface area contributed by atoms with E-state index in [4.69, 9.17) is 0 Å². The van der Waals surface area contributed by atoms with Gasteiger partial charge in [-0.05, 0) is 25.7 Å². The molecule has 2 aromatic heterocycles. The van der Waals surface area contributed by atoms with Crippen molar-refractivity contribution >= 4 is 28.1 Å². The van der Waals surface area contributed by atoms with Crippen molar-refractivity contribution in [3.05, 3.63) is 33.7 Å². The second-order valence-electron chi connectivity index (χ2n) is 7.19. The van der Waals surface area contributed by atoms with Gasteiger partial charge in [0.1, 0.15) is 5.69 Å². The molecule has 1 spiro atoms. The number of likely N-dealkylation sites (tertiary alicyclic amines) is 2. The van der Waals surface area contributed by atoms with Crippen molar-refractivity contribution in [2.24, 2.45) is 5.41 Å². The highest BCUT2D eigenvalue weighted by Crippen LogP contribution is 2.40. The Hall–Kier alpha value is -2.22. The Balaban J connectivity index is 1.60. The monoisotopic (exact) mass is 374 g/mol. The molecule has 0 bridgehead atoms. The number of piperidine rings is 1. The normalized spacial score (nSPS) is 23.3. The fourth-order valence-corrected chi connectivity index (χ4v) is 4.96. The summed E-state index contributed by atoms with van der Waals surface area (Å²) in [5.41, 5.74) is -0.533. The predicted molar refractivity (Wildman–Crippen MR) is 98.4 cm³/mol. The summed E-state index contributed by atoms with van der Waals surface area (Å²) in [6, 6.07) is 1.29. The summed E-state index contributed by atoms with van der Waals surface area (Å²) in [6.45, 7) is 4.66. The first-order valence-electron chi connectivity index (χ1n) is 9.10. The first-order chi connectivity index (χ1) is 12.5. The highest BCUT2D eigenvalue weighted by Gasteiger charge is 2.49. The lowest BCUT2D eigenvalue weighted by Crippen LogP contribution is -2.50. The van der Waals surface area contributed by atoms with Crippen LogP contribution in [0.25, 0.3) is 4.96 Å². The Labute approximate surface area is 155 Å². The predicted octanol–water partition coefficient (Wildman–Crippen LogP) is 1.62. The fourth-order valence-electron chi connectivity index (χ4n) is 4.24. The average Bonchev–Trinajstić information content (AvgIpc) is 3.26. The minimum atomic E-state index is -0.450. The molecule has 138 valence electrons. The largest absolute Gasteiger partial charge is 0.342 e. The van der Waals surface area contributed by atoms with E-state index in [1.165, 1.54) is 17.4 Å². The van der Waals surface area contributed by atoms with Gasteiger partial charge in [0.2, 0.25) is 5.91 Å². The number of fused-ring (bicyclic) bond motifs is 1. The van der Waals surface area contributed by atoms with Gasteiger partial charge in [0.25, 0.3) is 11.5 Å². The van der Waals surface area contributed by atoms with Gasteiger partial charge in [-0.2, -0.15) is 4.98 Å². The number of hydrogen-bond acceptors (Lipinski definition) is 5. The molecule has 2 amide bonds. The van der Waals surface area contributed by atoms with Crippen LogP contribution >= 0.6 is 11.3 Å². The summed E-state index contributed by atoms with van der Waals surface area (Å²) in [5, 5.41) is 1.80. The third-order valence-electron chi connectivity index (χ3n) is 5.49. The van der Waals surface area contributed by atoms with E-state index >= 15 is 0 Å². The van der Waals surface area contributed by atoms with E-state index in [2.05, 4.69) is 11.9 Å². The van der Waals surface area contributed by atoms with Crippen LogP contribution in [0.1, 0.15) is 43.1 Å². The summed E-state index contributed by atoms with van der Waals surface area (Å²) in [6.07, 6.45) is 5.21. The van der Waals surface area contributed by atoms with Crippen molar-refractivity contribution in [2.75, 3.05) is 26.2 Å². The zero-order valence-corrected chi connectivity index (χ0v) is 15.6. The average molecular weight is 374 g/mol. The molecule has 0 aromatic carbocycles. The molecule has 2 aliphatic heterocycles. The molecular weight excluding hydrogens is 352 g/mol. The Morgan fingerprint density at radius 1 is 1.31 bits per heavy atom. The van der Waals surface area contributed by atoms with Crippen molar-refractivity contribution in [3.63, 3.8) is 0 Å². The van der Waals surface area contributed by atoms with Gasteiger partial charge in [0.15, 0.2) is 4.96 Å². The molecule has 0 saturated carbocycles. The number of amides is 2. The SMILES string of the molecule is CCCN1CCC[C@]2(CCN(C(=O)c3cc(=O)nc4sccn34)C2)C1=O. The zero-order valence-electron chi connectivity index (χ0n) is 14.8. The van der Waals surface area contributed by atoms with Gasteiger partial charge in [0, 0.05) is 43.8 Å². The molecule has 0 N–H and O–H groups in total. The van der Waals surface area contributed by atoms with Crippen LogP contribution in [0, 0.1) is 5.41 Å². The molecule has 4 rings (SSSR count). The second kappa shape index (κ2) is 6.50. The summed E-state index contributed by atoms with van der Waals surface area (Å²) in [4.78, 5) is 46.0. The van der Waals surface area contributed by atoms with Crippen LogP contribution in [-0.2, 0) is 4.79 Å². The molecule has 1 atom stereocenters. The topological polar surface area (TPSA) is 75.0 Å². The molecule has 2 saturated heterocycles. The number of carbonyl (C=O) groups is 2. The fraction of sp³-hybridized carbons (Fsp3) is 0.556. The number of aromatic nitrogens is 2. The number of rotatable bonds is 3. The Morgan fingerprint density at radius 3 is 2.96 bits per heavy atom. The maximum Gasteiger partial charge on any atom is 0.274 e. The maximum atomic E-state index is 13.1. The lowest BCUT2D eigenvalue weighted by atomic mass is 9.78. The van der Waals surface area contributed by atoms with Crippen LogP contribution in [-0.4, -0.2) is 57.2 Å². The third-order valence-corrected chi connectivity index (χ3v) is 6.25. The zero-order chi connectivity index (χ0) is 18.3. The number of nitrogens with zero attached hydrogens (tertiary/aromatic N) is 4. The second-order valence-corrected chi connectivity index (χ2v) is 8.06. The molecule has 8 heteroatoms. The van der Waals surface area contributed by atoms with E-state index in [9.17, 15) is 14.4 Å². The third kappa shape index (κ3) is 2.72. The van der Waals surface area contributed by atoms with Gasteiger partial charge in [0.05, 0.1) is 5.41 Å². The summed E-state index contributed by atoms with van der Waals surface area (Å²) >= 11 is 1.32. The summed E-state index contributed by atoms with van der Waals surface area (Å²) < 4.78 is 1.66. The van der Waals surface area contributed by atoms with Crippen molar-refractivity contribution in [1.82, 2.24) is 19.2 Å². The van der Waals surface area contributed by atoms with Crippen LogP contribution in [0.5, 0.6) is 0 Å². The van der Waals surface area contributed by atoms with E-state index in [-0.39, 0.29) is 11.8 Å². The van der Waals surface area contributed by atoms with Gasteiger partial charge >= 0.3 is 0 Å².